The van der Waals surface area contributed by atoms with Gasteiger partial charge in [0.25, 0.3) is 5.91 Å². The lowest BCUT2D eigenvalue weighted by molar-refractivity contribution is 0.0949. The van der Waals surface area contributed by atoms with Gasteiger partial charge in [0, 0.05) is 12.1 Å². The summed E-state index contributed by atoms with van der Waals surface area (Å²) in [6.45, 7) is 6.33. The zero-order valence-electron chi connectivity index (χ0n) is 9.30. The molecule has 1 aromatic rings. The fraction of sp³-hybridized carbons (Fsp3) is 0.417. The van der Waals surface area contributed by atoms with E-state index in [-0.39, 0.29) is 11.7 Å². The first-order valence-electron chi connectivity index (χ1n) is 5.05. The lowest BCUT2D eigenvalue weighted by atomic mass is 10.1. The molecule has 0 atom stereocenters. The number of carbonyl (C=O) groups excluding carboxylic acids is 1. The van der Waals surface area contributed by atoms with Crippen molar-refractivity contribution in [2.24, 2.45) is 5.92 Å². The molecule has 0 fully saturated rings. The number of nitrogens with one attached hydrogen (secondary N) is 1. The van der Waals surface area contributed by atoms with E-state index in [1.165, 1.54) is 12.1 Å². The average molecular weight is 209 g/mol. The molecule has 1 aromatic carbocycles. The zero-order valence-corrected chi connectivity index (χ0v) is 9.30. The SMILES string of the molecule is Cc1cc(C(=O)NCC(C)C)ccc1F. The summed E-state index contributed by atoms with van der Waals surface area (Å²) >= 11 is 0. The highest BCUT2D eigenvalue weighted by Gasteiger charge is 2.07. The van der Waals surface area contributed by atoms with Crippen LogP contribution in [0.4, 0.5) is 4.39 Å². The van der Waals surface area contributed by atoms with Crippen LogP contribution in [0.5, 0.6) is 0 Å². The van der Waals surface area contributed by atoms with Crippen molar-refractivity contribution in [2.75, 3.05) is 6.54 Å². The van der Waals surface area contributed by atoms with Crippen LogP contribution in [-0.2, 0) is 0 Å². The molecule has 0 bridgehead atoms. The third kappa shape index (κ3) is 3.35. The smallest absolute Gasteiger partial charge is 0.251 e. The van der Waals surface area contributed by atoms with Crippen molar-refractivity contribution in [3.63, 3.8) is 0 Å². The second-order valence-electron chi connectivity index (χ2n) is 4.07. The number of benzene rings is 1. The Hall–Kier alpha value is -1.38. The minimum Gasteiger partial charge on any atom is -0.352 e. The summed E-state index contributed by atoms with van der Waals surface area (Å²) in [5, 5.41) is 2.78. The second-order valence-corrected chi connectivity index (χ2v) is 4.07. The van der Waals surface area contributed by atoms with Gasteiger partial charge in [0.2, 0.25) is 0 Å². The molecule has 0 spiro atoms. The molecule has 0 aliphatic carbocycles. The van der Waals surface area contributed by atoms with Gasteiger partial charge in [-0.05, 0) is 36.6 Å². The Labute approximate surface area is 89.5 Å². The molecule has 1 N–H and O–H groups in total. The molecule has 0 saturated carbocycles. The molecule has 0 unspecified atom stereocenters. The van der Waals surface area contributed by atoms with E-state index in [1.54, 1.807) is 13.0 Å². The van der Waals surface area contributed by atoms with Crippen molar-refractivity contribution in [2.45, 2.75) is 20.8 Å². The number of carbonyl (C=O) groups is 1. The Kier molecular flexibility index (Phi) is 3.83. The predicted octanol–water partition coefficient (Wildman–Crippen LogP) is 2.52. The molecule has 0 radical (unpaired) electrons. The lowest BCUT2D eigenvalue weighted by Crippen LogP contribution is -2.27. The predicted molar refractivity (Wildman–Crippen MR) is 58.3 cm³/mol. The molecular weight excluding hydrogens is 193 g/mol. The van der Waals surface area contributed by atoms with Gasteiger partial charge in [-0.15, -0.1) is 0 Å². The van der Waals surface area contributed by atoms with Crippen molar-refractivity contribution in [1.82, 2.24) is 5.32 Å². The Morgan fingerprint density at radius 3 is 2.67 bits per heavy atom. The summed E-state index contributed by atoms with van der Waals surface area (Å²) in [5.74, 6) is -0.0160. The average Bonchev–Trinajstić information content (AvgIpc) is 2.18. The normalized spacial score (nSPS) is 10.5. The van der Waals surface area contributed by atoms with Gasteiger partial charge in [-0.25, -0.2) is 4.39 Å². The van der Waals surface area contributed by atoms with Gasteiger partial charge >= 0.3 is 0 Å². The van der Waals surface area contributed by atoms with Crippen molar-refractivity contribution in [1.29, 1.82) is 0 Å². The molecule has 0 heterocycles. The van der Waals surface area contributed by atoms with Crippen molar-refractivity contribution < 1.29 is 9.18 Å². The molecule has 1 amide bonds. The second kappa shape index (κ2) is 4.91. The highest BCUT2D eigenvalue weighted by Crippen LogP contribution is 2.09. The van der Waals surface area contributed by atoms with Crippen LogP contribution in [0.15, 0.2) is 18.2 Å². The Morgan fingerprint density at radius 1 is 1.47 bits per heavy atom. The quantitative estimate of drug-likeness (QED) is 0.814. The largest absolute Gasteiger partial charge is 0.352 e. The van der Waals surface area contributed by atoms with Crippen LogP contribution < -0.4 is 5.32 Å². The molecule has 0 aliphatic heterocycles. The fourth-order valence-electron chi connectivity index (χ4n) is 1.18. The topological polar surface area (TPSA) is 29.1 Å². The number of halogens is 1. The lowest BCUT2D eigenvalue weighted by Gasteiger charge is -2.08. The van der Waals surface area contributed by atoms with Crippen LogP contribution >= 0.6 is 0 Å². The minimum atomic E-state index is -0.282. The number of amides is 1. The molecule has 3 heteroatoms. The Morgan fingerprint density at radius 2 is 2.13 bits per heavy atom. The van der Waals surface area contributed by atoms with E-state index in [4.69, 9.17) is 0 Å². The maximum atomic E-state index is 12.9. The van der Waals surface area contributed by atoms with E-state index in [9.17, 15) is 9.18 Å². The van der Waals surface area contributed by atoms with E-state index in [2.05, 4.69) is 5.32 Å². The van der Waals surface area contributed by atoms with E-state index in [1.807, 2.05) is 13.8 Å². The first kappa shape index (κ1) is 11.7. The van der Waals surface area contributed by atoms with Crippen LogP contribution in [0.2, 0.25) is 0 Å². The summed E-state index contributed by atoms with van der Waals surface area (Å²) in [7, 11) is 0. The van der Waals surface area contributed by atoms with E-state index >= 15 is 0 Å². The summed E-state index contributed by atoms with van der Waals surface area (Å²) in [6, 6.07) is 4.38. The molecule has 15 heavy (non-hydrogen) atoms. The zero-order chi connectivity index (χ0) is 11.4. The van der Waals surface area contributed by atoms with Crippen molar-refractivity contribution >= 4 is 5.91 Å². The molecular formula is C12H16FNO. The van der Waals surface area contributed by atoms with E-state index < -0.39 is 0 Å². The first-order chi connectivity index (χ1) is 7.00. The number of rotatable bonds is 3. The standard InChI is InChI=1S/C12H16FNO/c1-8(2)7-14-12(15)10-4-5-11(13)9(3)6-10/h4-6,8H,7H2,1-3H3,(H,14,15). The van der Waals surface area contributed by atoms with Crippen LogP contribution in [0.1, 0.15) is 29.8 Å². The highest BCUT2D eigenvalue weighted by molar-refractivity contribution is 5.94. The molecule has 0 saturated heterocycles. The summed E-state index contributed by atoms with van der Waals surface area (Å²) in [5.41, 5.74) is 1.00. The van der Waals surface area contributed by atoms with Crippen LogP contribution in [0.25, 0.3) is 0 Å². The summed E-state index contributed by atoms with van der Waals surface area (Å²) in [4.78, 5) is 11.6. The number of hydrogen-bond acceptors (Lipinski definition) is 1. The number of aryl methyl sites for hydroxylation is 1. The fourth-order valence-corrected chi connectivity index (χ4v) is 1.18. The minimum absolute atomic E-state index is 0.146. The highest BCUT2D eigenvalue weighted by atomic mass is 19.1. The van der Waals surface area contributed by atoms with Gasteiger partial charge in [-0.2, -0.15) is 0 Å². The molecule has 82 valence electrons. The van der Waals surface area contributed by atoms with E-state index in [0.29, 0.717) is 23.6 Å². The van der Waals surface area contributed by atoms with E-state index in [0.717, 1.165) is 0 Å². The van der Waals surface area contributed by atoms with Crippen LogP contribution in [0.3, 0.4) is 0 Å². The molecule has 0 aromatic heterocycles. The van der Waals surface area contributed by atoms with Crippen molar-refractivity contribution in [3.8, 4) is 0 Å². The van der Waals surface area contributed by atoms with Crippen LogP contribution in [0, 0.1) is 18.7 Å². The van der Waals surface area contributed by atoms with Gasteiger partial charge in [0.1, 0.15) is 5.82 Å². The first-order valence-corrected chi connectivity index (χ1v) is 5.05. The summed E-state index contributed by atoms with van der Waals surface area (Å²) < 4.78 is 12.9. The third-order valence-corrected chi connectivity index (χ3v) is 2.09. The molecule has 1 rings (SSSR count). The van der Waals surface area contributed by atoms with Gasteiger partial charge < -0.3 is 5.32 Å². The Bertz CT molecular complexity index is 361. The molecule has 2 nitrogen and oxygen atoms in total. The Balaban J connectivity index is 2.70. The van der Waals surface area contributed by atoms with Crippen molar-refractivity contribution in [3.05, 3.63) is 35.1 Å². The van der Waals surface area contributed by atoms with Gasteiger partial charge in [0.05, 0.1) is 0 Å². The number of hydrogen-bond donors (Lipinski definition) is 1. The summed E-state index contributed by atoms with van der Waals surface area (Å²) in [6.07, 6.45) is 0. The molecule has 0 aliphatic rings. The maximum absolute atomic E-state index is 12.9. The monoisotopic (exact) mass is 209 g/mol. The van der Waals surface area contributed by atoms with Crippen LogP contribution in [-0.4, -0.2) is 12.5 Å². The van der Waals surface area contributed by atoms with Gasteiger partial charge in [-0.3, -0.25) is 4.79 Å². The maximum Gasteiger partial charge on any atom is 0.251 e. The van der Waals surface area contributed by atoms with Gasteiger partial charge in [-0.1, -0.05) is 13.8 Å². The van der Waals surface area contributed by atoms with Gasteiger partial charge in [0.15, 0.2) is 0 Å². The third-order valence-electron chi connectivity index (χ3n) is 2.09.